The molecule has 0 unspecified atom stereocenters. The first kappa shape index (κ1) is 19.6. The lowest BCUT2D eigenvalue weighted by Crippen LogP contribution is -2.39. The zero-order valence-corrected chi connectivity index (χ0v) is 15.7. The second-order valence-electron chi connectivity index (χ2n) is 5.55. The van der Waals surface area contributed by atoms with Crippen molar-refractivity contribution in [3.05, 3.63) is 53.1 Å². The lowest BCUT2D eigenvalue weighted by Gasteiger charge is -2.21. The third kappa shape index (κ3) is 5.13. The first-order chi connectivity index (χ1) is 12.4. The third-order valence-electron chi connectivity index (χ3n) is 3.74. The molecule has 0 atom stereocenters. The van der Waals surface area contributed by atoms with Gasteiger partial charge in [0.25, 0.3) is 0 Å². The average molecular weight is 377 g/mol. The summed E-state index contributed by atoms with van der Waals surface area (Å²) in [5.41, 5.74) is 1.43. The number of nitrogens with one attached hydrogen (secondary N) is 1. The first-order valence-corrected chi connectivity index (χ1v) is 8.33. The second kappa shape index (κ2) is 9.10. The number of halogens is 1. The van der Waals surface area contributed by atoms with Crippen molar-refractivity contribution in [2.75, 3.05) is 25.7 Å². The smallest absolute Gasteiger partial charge is 0.240 e. The molecular weight excluding hydrogens is 356 g/mol. The normalized spacial score (nSPS) is 10.2. The fourth-order valence-corrected chi connectivity index (χ4v) is 2.60. The Balaban J connectivity index is 2.02. The monoisotopic (exact) mass is 376 g/mol. The summed E-state index contributed by atoms with van der Waals surface area (Å²) in [7, 11) is 3.11. The van der Waals surface area contributed by atoms with Gasteiger partial charge >= 0.3 is 0 Å². The van der Waals surface area contributed by atoms with Gasteiger partial charge in [0.15, 0.2) is 11.5 Å². The van der Waals surface area contributed by atoms with Gasteiger partial charge in [-0.05, 0) is 35.9 Å². The molecular formula is C19H21ClN2O4. The van der Waals surface area contributed by atoms with Crippen molar-refractivity contribution in [1.29, 1.82) is 0 Å². The Morgan fingerprint density at radius 1 is 1.08 bits per heavy atom. The largest absolute Gasteiger partial charge is 0.493 e. The summed E-state index contributed by atoms with van der Waals surface area (Å²) in [6.45, 7) is 1.62. The molecule has 0 aliphatic rings. The van der Waals surface area contributed by atoms with E-state index in [1.807, 2.05) is 6.07 Å². The van der Waals surface area contributed by atoms with Gasteiger partial charge in [-0.15, -0.1) is 0 Å². The fraction of sp³-hybridized carbons (Fsp3) is 0.263. The first-order valence-electron chi connectivity index (χ1n) is 7.96. The van der Waals surface area contributed by atoms with E-state index in [0.717, 1.165) is 5.56 Å². The van der Waals surface area contributed by atoms with Crippen LogP contribution in [0.3, 0.4) is 0 Å². The maximum atomic E-state index is 12.3. The van der Waals surface area contributed by atoms with Crippen LogP contribution in [0.4, 0.5) is 5.69 Å². The average Bonchev–Trinajstić information content (AvgIpc) is 2.63. The molecule has 2 aromatic carbocycles. The summed E-state index contributed by atoms with van der Waals surface area (Å²) in [4.78, 5) is 25.5. The highest BCUT2D eigenvalue weighted by molar-refractivity contribution is 6.30. The molecule has 138 valence electrons. The van der Waals surface area contributed by atoms with E-state index in [9.17, 15) is 9.59 Å². The van der Waals surface area contributed by atoms with Gasteiger partial charge in [-0.3, -0.25) is 9.59 Å². The Bertz CT molecular complexity index is 795. The van der Waals surface area contributed by atoms with Crippen LogP contribution in [0.15, 0.2) is 42.5 Å². The molecule has 0 saturated carbocycles. The summed E-state index contributed by atoms with van der Waals surface area (Å²) in [6.07, 6.45) is 0. The van der Waals surface area contributed by atoms with Gasteiger partial charge in [0.1, 0.15) is 6.54 Å². The quantitative estimate of drug-likeness (QED) is 0.806. The standard InChI is InChI=1S/C19H21ClN2O4/c1-13(23)22(16-6-4-5-15(20)10-16)12-19(24)21-11-14-7-8-17(25-2)18(9-14)26-3/h4-10H,11-12H2,1-3H3,(H,21,24). The molecule has 0 spiro atoms. The van der Waals surface area contributed by atoms with Crippen LogP contribution in [0.5, 0.6) is 11.5 Å². The van der Waals surface area contributed by atoms with E-state index in [1.165, 1.54) is 11.8 Å². The van der Waals surface area contributed by atoms with Crippen LogP contribution < -0.4 is 19.7 Å². The van der Waals surface area contributed by atoms with E-state index in [0.29, 0.717) is 28.8 Å². The molecule has 0 saturated heterocycles. The molecule has 0 fully saturated rings. The van der Waals surface area contributed by atoms with E-state index in [4.69, 9.17) is 21.1 Å². The Hall–Kier alpha value is -2.73. The molecule has 0 bridgehead atoms. The third-order valence-corrected chi connectivity index (χ3v) is 3.97. The molecule has 0 aromatic heterocycles. The molecule has 0 aliphatic carbocycles. The van der Waals surface area contributed by atoms with Crippen molar-refractivity contribution in [2.24, 2.45) is 0 Å². The van der Waals surface area contributed by atoms with Crippen LogP contribution in [-0.4, -0.2) is 32.6 Å². The van der Waals surface area contributed by atoms with Crippen molar-refractivity contribution in [3.63, 3.8) is 0 Å². The maximum absolute atomic E-state index is 12.3. The number of hydrogen-bond acceptors (Lipinski definition) is 4. The van der Waals surface area contributed by atoms with E-state index in [2.05, 4.69) is 5.32 Å². The zero-order chi connectivity index (χ0) is 19.1. The predicted octanol–water partition coefficient (Wildman–Crippen LogP) is 3.03. The Morgan fingerprint density at radius 2 is 1.81 bits per heavy atom. The number of nitrogens with zero attached hydrogens (tertiary/aromatic N) is 1. The molecule has 2 aromatic rings. The number of carbonyl (C=O) groups is 2. The molecule has 1 N–H and O–H groups in total. The highest BCUT2D eigenvalue weighted by Crippen LogP contribution is 2.27. The van der Waals surface area contributed by atoms with E-state index >= 15 is 0 Å². The Kier molecular flexibility index (Phi) is 6.86. The van der Waals surface area contributed by atoms with Crippen LogP contribution in [0, 0.1) is 0 Å². The van der Waals surface area contributed by atoms with Crippen LogP contribution >= 0.6 is 11.6 Å². The van der Waals surface area contributed by atoms with Gasteiger partial charge in [0.2, 0.25) is 11.8 Å². The predicted molar refractivity (Wildman–Crippen MR) is 101 cm³/mol. The SMILES string of the molecule is COc1ccc(CNC(=O)CN(C(C)=O)c2cccc(Cl)c2)cc1OC. The summed E-state index contributed by atoms with van der Waals surface area (Å²) in [5.74, 6) is 0.679. The lowest BCUT2D eigenvalue weighted by atomic mass is 10.2. The van der Waals surface area contributed by atoms with E-state index in [-0.39, 0.29) is 18.4 Å². The van der Waals surface area contributed by atoms with Crippen LogP contribution in [-0.2, 0) is 16.1 Å². The summed E-state index contributed by atoms with van der Waals surface area (Å²) in [6, 6.07) is 12.2. The fourth-order valence-electron chi connectivity index (χ4n) is 2.42. The maximum Gasteiger partial charge on any atom is 0.240 e. The highest BCUT2D eigenvalue weighted by atomic mass is 35.5. The topological polar surface area (TPSA) is 67.9 Å². The van der Waals surface area contributed by atoms with Gasteiger partial charge in [-0.1, -0.05) is 23.7 Å². The number of carbonyl (C=O) groups excluding carboxylic acids is 2. The van der Waals surface area contributed by atoms with Gasteiger partial charge in [0, 0.05) is 24.2 Å². The number of rotatable bonds is 7. The van der Waals surface area contributed by atoms with Crippen molar-refractivity contribution in [3.8, 4) is 11.5 Å². The van der Waals surface area contributed by atoms with Gasteiger partial charge in [-0.25, -0.2) is 0 Å². The minimum absolute atomic E-state index is 0.0943. The second-order valence-corrected chi connectivity index (χ2v) is 5.99. The molecule has 7 heteroatoms. The van der Waals surface area contributed by atoms with Crippen molar-refractivity contribution in [2.45, 2.75) is 13.5 Å². The summed E-state index contributed by atoms with van der Waals surface area (Å²) >= 11 is 5.96. The van der Waals surface area contributed by atoms with Crippen LogP contribution in [0.2, 0.25) is 5.02 Å². The molecule has 6 nitrogen and oxygen atoms in total. The minimum atomic E-state index is -0.282. The Labute approximate surface area is 157 Å². The van der Waals surface area contributed by atoms with E-state index < -0.39 is 0 Å². The zero-order valence-electron chi connectivity index (χ0n) is 14.9. The highest BCUT2D eigenvalue weighted by Gasteiger charge is 2.16. The van der Waals surface area contributed by atoms with Gasteiger partial charge in [0.05, 0.1) is 14.2 Å². The van der Waals surface area contributed by atoms with E-state index in [1.54, 1.807) is 50.6 Å². The van der Waals surface area contributed by atoms with Crippen molar-refractivity contribution >= 4 is 29.1 Å². The number of amides is 2. The number of ether oxygens (including phenoxy) is 2. The van der Waals surface area contributed by atoms with Crippen molar-refractivity contribution < 1.29 is 19.1 Å². The van der Waals surface area contributed by atoms with Crippen LogP contribution in [0.1, 0.15) is 12.5 Å². The Morgan fingerprint density at radius 3 is 2.42 bits per heavy atom. The summed E-state index contributed by atoms with van der Waals surface area (Å²) in [5, 5.41) is 3.29. The molecule has 2 amide bonds. The summed E-state index contributed by atoms with van der Waals surface area (Å²) < 4.78 is 10.4. The number of methoxy groups -OCH3 is 2. The molecule has 0 heterocycles. The van der Waals surface area contributed by atoms with Gasteiger partial charge in [-0.2, -0.15) is 0 Å². The van der Waals surface area contributed by atoms with Gasteiger partial charge < -0.3 is 19.7 Å². The van der Waals surface area contributed by atoms with Crippen molar-refractivity contribution in [1.82, 2.24) is 5.32 Å². The molecule has 0 aliphatic heterocycles. The lowest BCUT2D eigenvalue weighted by molar-refractivity contribution is -0.123. The number of hydrogen-bond donors (Lipinski definition) is 1. The molecule has 2 rings (SSSR count). The number of anilines is 1. The molecule has 26 heavy (non-hydrogen) atoms. The number of benzene rings is 2. The van der Waals surface area contributed by atoms with Crippen LogP contribution in [0.25, 0.3) is 0 Å². The molecule has 0 radical (unpaired) electrons. The minimum Gasteiger partial charge on any atom is -0.493 e.